The van der Waals surface area contributed by atoms with E-state index in [1.54, 1.807) is 24.3 Å². The first-order chi connectivity index (χ1) is 12.7. The number of carbonyl (C=O) groups excluding carboxylic acids is 2. The molecular weight excluding hydrogens is 352 g/mol. The standard InChI is InChI=1S/C20H18O5S/c21-17-11-15-16(12-23-19(22)13-7-3-1-4-8-13)24-20(18(15)25-17)26-14-9-5-2-6-10-14/h1-10,15-16,18,20H,11-12H2/t15-,16-,18?,20?/m1/s1. The first kappa shape index (κ1) is 17.1. The highest BCUT2D eigenvalue weighted by atomic mass is 32.2. The molecule has 2 aliphatic heterocycles. The van der Waals surface area contributed by atoms with Crippen molar-refractivity contribution < 1.29 is 23.8 Å². The Morgan fingerprint density at radius 2 is 1.77 bits per heavy atom. The summed E-state index contributed by atoms with van der Waals surface area (Å²) in [6, 6.07) is 18.7. The first-order valence-electron chi connectivity index (χ1n) is 8.49. The monoisotopic (exact) mass is 370 g/mol. The number of ether oxygens (including phenoxy) is 3. The van der Waals surface area contributed by atoms with Gasteiger partial charge in [0.15, 0.2) is 0 Å². The quantitative estimate of drug-likeness (QED) is 0.753. The molecule has 0 bridgehead atoms. The Labute approximate surface area is 155 Å². The summed E-state index contributed by atoms with van der Waals surface area (Å²) in [7, 11) is 0. The zero-order valence-electron chi connectivity index (χ0n) is 13.9. The Bertz CT molecular complexity index is 779. The van der Waals surface area contributed by atoms with Gasteiger partial charge >= 0.3 is 11.9 Å². The van der Waals surface area contributed by atoms with Crippen LogP contribution in [0.5, 0.6) is 0 Å². The van der Waals surface area contributed by atoms with Crippen LogP contribution in [0, 0.1) is 5.92 Å². The molecule has 2 aromatic carbocycles. The van der Waals surface area contributed by atoms with Crippen LogP contribution in [-0.2, 0) is 19.0 Å². The molecule has 2 aromatic rings. The number of thioether (sulfide) groups is 1. The predicted octanol–water partition coefficient (Wildman–Crippen LogP) is 3.29. The van der Waals surface area contributed by atoms with Crippen LogP contribution in [0.25, 0.3) is 0 Å². The Hall–Kier alpha value is -2.31. The van der Waals surface area contributed by atoms with Crippen LogP contribution in [0.2, 0.25) is 0 Å². The second kappa shape index (κ2) is 7.51. The number of benzene rings is 2. The van der Waals surface area contributed by atoms with Crippen molar-refractivity contribution in [1.29, 1.82) is 0 Å². The van der Waals surface area contributed by atoms with Crippen LogP contribution >= 0.6 is 11.8 Å². The first-order valence-corrected chi connectivity index (χ1v) is 9.37. The Kier molecular flexibility index (Phi) is 4.95. The molecule has 0 aromatic heterocycles. The van der Waals surface area contributed by atoms with Crippen LogP contribution in [0.1, 0.15) is 16.8 Å². The molecule has 0 N–H and O–H groups in total. The molecular formula is C20H18O5S. The van der Waals surface area contributed by atoms with E-state index in [2.05, 4.69) is 0 Å². The second-order valence-electron chi connectivity index (χ2n) is 6.26. The van der Waals surface area contributed by atoms with E-state index in [9.17, 15) is 9.59 Å². The lowest BCUT2D eigenvalue weighted by Crippen LogP contribution is -2.26. The van der Waals surface area contributed by atoms with E-state index < -0.39 is 5.97 Å². The van der Waals surface area contributed by atoms with Crippen LogP contribution in [0.4, 0.5) is 0 Å². The van der Waals surface area contributed by atoms with Crippen molar-refractivity contribution in [3.63, 3.8) is 0 Å². The van der Waals surface area contributed by atoms with E-state index >= 15 is 0 Å². The molecule has 134 valence electrons. The van der Waals surface area contributed by atoms with Crippen LogP contribution in [-0.4, -0.2) is 36.2 Å². The van der Waals surface area contributed by atoms with Gasteiger partial charge in [-0.15, -0.1) is 0 Å². The largest absolute Gasteiger partial charge is 0.459 e. The fourth-order valence-electron chi connectivity index (χ4n) is 3.25. The lowest BCUT2D eigenvalue weighted by Gasteiger charge is -2.17. The molecule has 0 spiro atoms. The summed E-state index contributed by atoms with van der Waals surface area (Å²) >= 11 is 1.52. The summed E-state index contributed by atoms with van der Waals surface area (Å²) < 4.78 is 17.0. The molecule has 5 nitrogen and oxygen atoms in total. The molecule has 2 aliphatic rings. The summed E-state index contributed by atoms with van der Waals surface area (Å²) in [5, 5.41) is 0. The molecule has 0 aliphatic carbocycles. The number of carbonyl (C=O) groups is 2. The highest BCUT2D eigenvalue weighted by Gasteiger charge is 2.52. The number of esters is 2. The summed E-state index contributed by atoms with van der Waals surface area (Å²) in [6.07, 6.45) is -0.363. The summed E-state index contributed by atoms with van der Waals surface area (Å²) in [4.78, 5) is 25.0. The number of rotatable bonds is 5. The van der Waals surface area contributed by atoms with Crippen molar-refractivity contribution in [1.82, 2.24) is 0 Å². The summed E-state index contributed by atoms with van der Waals surface area (Å²) in [5.41, 5.74) is 0.199. The van der Waals surface area contributed by atoms with Gasteiger partial charge in [0.05, 0.1) is 12.0 Å². The van der Waals surface area contributed by atoms with E-state index in [0.29, 0.717) is 12.0 Å². The molecule has 0 saturated carbocycles. The maximum Gasteiger partial charge on any atom is 0.338 e. The van der Waals surface area contributed by atoms with Gasteiger partial charge in [-0.3, -0.25) is 4.79 Å². The third kappa shape index (κ3) is 3.61. The van der Waals surface area contributed by atoms with Gasteiger partial charge < -0.3 is 14.2 Å². The fraction of sp³-hybridized carbons (Fsp3) is 0.300. The second-order valence-corrected chi connectivity index (χ2v) is 7.43. The van der Waals surface area contributed by atoms with Crippen LogP contribution < -0.4 is 0 Å². The minimum Gasteiger partial charge on any atom is -0.459 e. The minimum atomic E-state index is -0.393. The van der Waals surface area contributed by atoms with E-state index in [-0.39, 0.29) is 36.1 Å². The Morgan fingerprint density at radius 1 is 1.08 bits per heavy atom. The average molecular weight is 370 g/mol. The lowest BCUT2D eigenvalue weighted by molar-refractivity contribution is -0.143. The molecule has 2 heterocycles. The van der Waals surface area contributed by atoms with Crippen LogP contribution in [0.3, 0.4) is 0 Å². The molecule has 0 radical (unpaired) electrons. The molecule has 26 heavy (non-hydrogen) atoms. The average Bonchev–Trinajstić information content (AvgIpc) is 3.20. The highest BCUT2D eigenvalue weighted by molar-refractivity contribution is 7.99. The van der Waals surface area contributed by atoms with Gasteiger partial charge in [0.1, 0.15) is 24.3 Å². The van der Waals surface area contributed by atoms with Gasteiger partial charge in [-0.25, -0.2) is 4.79 Å². The SMILES string of the molecule is O=C1C[C@H]2C(O1)C(Sc1ccccc1)O[C@@H]2COC(=O)c1ccccc1. The zero-order valence-corrected chi connectivity index (χ0v) is 14.8. The molecule has 4 atom stereocenters. The fourth-order valence-corrected chi connectivity index (χ4v) is 4.43. The molecule has 0 amide bonds. The summed E-state index contributed by atoms with van der Waals surface area (Å²) in [5.74, 6) is -0.705. The number of fused-ring (bicyclic) bond motifs is 1. The lowest BCUT2D eigenvalue weighted by atomic mass is 9.98. The van der Waals surface area contributed by atoms with Gasteiger partial charge in [-0.2, -0.15) is 0 Å². The number of hydrogen-bond acceptors (Lipinski definition) is 6. The van der Waals surface area contributed by atoms with Gasteiger partial charge in [-0.05, 0) is 24.3 Å². The van der Waals surface area contributed by atoms with E-state index in [0.717, 1.165) is 4.90 Å². The van der Waals surface area contributed by atoms with E-state index in [1.807, 2.05) is 36.4 Å². The Balaban J connectivity index is 1.41. The molecule has 2 unspecified atom stereocenters. The maximum absolute atomic E-state index is 12.1. The molecule has 2 saturated heterocycles. The van der Waals surface area contributed by atoms with Crippen molar-refractivity contribution in [2.45, 2.75) is 29.0 Å². The zero-order chi connectivity index (χ0) is 17.9. The number of hydrogen-bond donors (Lipinski definition) is 0. The Morgan fingerprint density at radius 3 is 2.50 bits per heavy atom. The molecule has 4 rings (SSSR count). The van der Waals surface area contributed by atoms with Crippen molar-refractivity contribution >= 4 is 23.7 Å². The summed E-state index contributed by atoms with van der Waals surface area (Å²) in [6.45, 7) is 0.109. The maximum atomic E-state index is 12.1. The topological polar surface area (TPSA) is 61.8 Å². The van der Waals surface area contributed by atoms with Crippen molar-refractivity contribution in [2.24, 2.45) is 5.92 Å². The molecule has 6 heteroatoms. The van der Waals surface area contributed by atoms with Gasteiger partial charge in [0, 0.05) is 10.8 Å². The third-order valence-electron chi connectivity index (χ3n) is 4.53. The third-order valence-corrected chi connectivity index (χ3v) is 5.69. The smallest absolute Gasteiger partial charge is 0.338 e. The predicted molar refractivity (Wildman–Crippen MR) is 95.7 cm³/mol. The van der Waals surface area contributed by atoms with Crippen molar-refractivity contribution in [3.8, 4) is 0 Å². The normalized spacial score (nSPS) is 27.0. The van der Waals surface area contributed by atoms with Gasteiger partial charge in [0.25, 0.3) is 0 Å². The van der Waals surface area contributed by atoms with E-state index in [1.165, 1.54) is 11.8 Å². The minimum absolute atomic E-state index is 0.0905. The van der Waals surface area contributed by atoms with Crippen molar-refractivity contribution in [3.05, 3.63) is 66.2 Å². The van der Waals surface area contributed by atoms with Crippen molar-refractivity contribution in [2.75, 3.05) is 6.61 Å². The van der Waals surface area contributed by atoms with E-state index in [4.69, 9.17) is 14.2 Å². The van der Waals surface area contributed by atoms with Gasteiger partial charge in [-0.1, -0.05) is 48.2 Å². The highest BCUT2D eigenvalue weighted by Crippen LogP contribution is 2.43. The molecule has 2 fully saturated rings. The van der Waals surface area contributed by atoms with Crippen LogP contribution in [0.15, 0.2) is 65.6 Å². The van der Waals surface area contributed by atoms with Gasteiger partial charge in [0.2, 0.25) is 0 Å².